The molecular weight excluding hydrogens is 475 g/mol. The van der Waals surface area contributed by atoms with Gasteiger partial charge in [-0.2, -0.15) is 13.2 Å². The molecule has 0 spiro atoms. The molecule has 0 aliphatic carbocycles. The number of aromatic nitrogens is 2. The van der Waals surface area contributed by atoms with E-state index in [-0.39, 0.29) is 6.42 Å². The summed E-state index contributed by atoms with van der Waals surface area (Å²) in [4.78, 5) is 28.7. The Morgan fingerprint density at radius 3 is 1.89 bits per heavy atom. The number of aliphatic carboxylic acids is 2. The van der Waals surface area contributed by atoms with Crippen molar-refractivity contribution >= 4 is 17.9 Å². The van der Waals surface area contributed by atoms with Crippen LogP contribution < -0.4 is 5.32 Å². The summed E-state index contributed by atoms with van der Waals surface area (Å²) in [5.74, 6) is -2.83. The van der Waals surface area contributed by atoms with Gasteiger partial charge in [0.25, 0.3) is 0 Å². The minimum Gasteiger partial charge on any atom is -0.481 e. The highest BCUT2D eigenvalue weighted by atomic mass is 19.4. The lowest BCUT2D eigenvalue weighted by molar-refractivity contribution is -0.192. The lowest BCUT2D eigenvalue weighted by Crippen LogP contribution is -2.21. The van der Waals surface area contributed by atoms with Crippen molar-refractivity contribution in [3.05, 3.63) is 66.9 Å². The second-order valence-corrected chi connectivity index (χ2v) is 7.83. The third kappa shape index (κ3) is 10.1. The summed E-state index contributed by atoms with van der Waals surface area (Å²) in [5.41, 5.74) is 4.10. The standard InChI is InChI=1S/C24H27N3O2.C2HF3O2/c28-22(29)16-10-2-1-3-11-17-25-24-26-18-21(19-12-6-4-7-13-19)23(27-24)20-14-8-5-9-15-20;3-2(4,5)1(6)7/h4-9,12-15,18H,1-3,10-11,16-17H2,(H,28,29)(H,25,26,27);(H,6,7). The highest BCUT2D eigenvalue weighted by Crippen LogP contribution is 2.30. The fourth-order valence-electron chi connectivity index (χ4n) is 3.24. The number of nitrogens with zero attached hydrogens (tertiary/aromatic N) is 2. The minimum atomic E-state index is -5.08. The van der Waals surface area contributed by atoms with Gasteiger partial charge in [-0.3, -0.25) is 4.79 Å². The lowest BCUT2D eigenvalue weighted by atomic mass is 10.0. The topological polar surface area (TPSA) is 112 Å². The molecule has 0 amide bonds. The summed E-state index contributed by atoms with van der Waals surface area (Å²) < 4.78 is 31.7. The zero-order chi connectivity index (χ0) is 26.4. The Hall–Kier alpha value is -3.95. The number of carboxylic acids is 2. The number of carboxylic acid groups (broad SMARTS) is 2. The molecule has 1 aromatic heterocycles. The summed E-state index contributed by atoms with van der Waals surface area (Å²) in [7, 11) is 0. The highest BCUT2D eigenvalue weighted by Gasteiger charge is 2.38. The Morgan fingerprint density at radius 2 is 1.33 bits per heavy atom. The van der Waals surface area contributed by atoms with Crippen LogP contribution in [-0.2, 0) is 9.59 Å². The molecule has 36 heavy (non-hydrogen) atoms. The molecule has 3 aromatic rings. The first-order valence-corrected chi connectivity index (χ1v) is 11.4. The van der Waals surface area contributed by atoms with E-state index < -0.39 is 18.1 Å². The molecule has 7 nitrogen and oxygen atoms in total. The van der Waals surface area contributed by atoms with E-state index in [1.165, 1.54) is 0 Å². The number of anilines is 1. The predicted molar refractivity (Wildman–Crippen MR) is 130 cm³/mol. The maximum atomic E-state index is 10.6. The van der Waals surface area contributed by atoms with Gasteiger partial charge >= 0.3 is 18.1 Å². The molecule has 0 saturated carbocycles. The zero-order valence-corrected chi connectivity index (χ0v) is 19.5. The molecule has 0 aliphatic heterocycles. The first-order valence-electron chi connectivity index (χ1n) is 11.4. The Kier molecular flexibility index (Phi) is 11.4. The SMILES string of the molecule is O=C(O)C(F)(F)F.O=C(O)CCCCCCCNc1ncc(-c2ccccc2)c(-c2ccccc2)n1. The number of benzene rings is 2. The lowest BCUT2D eigenvalue weighted by Gasteiger charge is -2.12. The summed E-state index contributed by atoms with van der Waals surface area (Å²) >= 11 is 0. The molecule has 1 heterocycles. The van der Waals surface area contributed by atoms with E-state index in [0.29, 0.717) is 5.95 Å². The predicted octanol–water partition coefficient (Wildman–Crippen LogP) is 6.28. The second kappa shape index (κ2) is 14.4. The van der Waals surface area contributed by atoms with Gasteiger partial charge in [-0.1, -0.05) is 79.9 Å². The van der Waals surface area contributed by atoms with Crippen LogP contribution in [0.5, 0.6) is 0 Å². The Morgan fingerprint density at radius 1 is 0.806 bits per heavy atom. The van der Waals surface area contributed by atoms with Crippen LogP contribution in [-0.4, -0.2) is 44.8 Å². The second-order valence-electron chi connectivity index (χ2n) is 7.83. The number of unbranched alkanes of at least 4 members (excludes halogenated alkanes) is 4. The Balaban J connectivity index is 0.000000572. The third-order valence-corrected chi connectivity index (χ3v) is 5.01. The van der Waals surface area contributed by atoms with Crippen LogP contribution in [0.15, 0.2) is 66.9 Å². The molecule has 0 atom stereocenters. The van der Waals surface area contributed by atoms with Crippen molar-refractivity contribution in [1.82, 2.24) is 9.97 Å². The van der Waals surface area contributed by atoms with E-state index in [0.717, 1.165) is 61.0 Å². The number of hydrogen-bond acceptors (Lipinski definition) is 5. The highest BCUT2D eigenvalue weighted by molar-refractivity contribution is 5.80. The number of alkyl halides is 3. The molecule has 0 unspecified atom stereocenters. The van der Waals surface area contributed by atoms with Crippen molar-refractivity contribution < 1.29 is 33.0 Å². The van der Waals surface area contributed by atoms with Gasteiger partial charge in [-0.15, -0.1) is 0 Å². The van der Waals surface area contributed by atoms with Gasteiger partial charge in [0, 0.05) is 30.3 Å². The molecule has 0 radical (unpaired) electrons. The molecule has 2 aromatic carbocycles. The normalized spacial score (nSPS) is 10.8. The molecule has 0 bridgehead atoms. The van der Waals surface area contributed by atoms with E-state index in [9.17, 15) is 18.0 Å². The molecule has 3 N–H and O–H groups in total. The van der Waals surface area contributed by atoms with Gasteiger partial charge in [-0.05, 0) is 18.4 Å². The van der Waals surface area contributed by atoms with E-state index in [2.05, 4.69) is 34.6 Å². The van der Waals surface area contributed by atoms with Gasteiger partial charge in [-0.25, -0.2) is 14.8 Å². The number of nitrogens with one attached hydrogen (secondary N) is 1. The van der Waals surface area contributed by atoms with Crippen LogP contribution in [0.1, 0.15) is 38.5 Å². The van der Waals surface area contributed by atoms with Crippen molar-refractivity contribution in [1.29, 1.82) is 0 Å². The molecule has 0 fully saturated rings. The summed E-state index contributed by atoms with van der Waals surface area (Å²) in [6, 6.07) is 20.4. The smallest absolute Gasteiger partial charge is 0.481 e. The van der Waals surface area contributed by atoms with E-state index in [4.69, 9.17) is 20.0 Å². The minimum absolute atomic E-state index is 0.266. The molecule has 0 aliphatic rings. The van der Waals surface area contributed by atoms with Crippen molar-refractivity contribution in [2.24, 2.45) is 0 Å². The van der Waals surface area contributed by atoms with E-state index in [1.54, 1.807) is 0 Å². The third-order valence-electron chi connectivity index (χ3n) is 5.01. The van der Waals surface area contributed by atoms with Crippen LogP contribution in [0.2, 0.25) is 0 Å². The number of hydrogen-bond donors (Lipinski definition) is 3. The van der Waals surface area contributed by atoms with Gasteiger partial charge in [0.1, 0.15) is 0 Å². The Bertz CT molecular complexity index is 1090. The maximum Gasteiger partial charge on any atom is 0.490 e. The first kappa shape index (κ1) is 28.3. The van der Waals surface area contributed by atoms with Crippen LogP contribution in [0.3, 0.4) is 0 Å². The first-order chi connectivity index (χ1) is 17.2. The maximum absolute atomic E-state index is 10.6. The summed E-state index contributed by atoms with van der Waals surface area (Å²) in [6.07, 6.45) is 1.93. The van der Waals surface area contributed by atoms with E-state index >= 15 is 0 Å². The monoisotopic (exact) mass is 503 g/mol. The Labute approximate surface area is 207 Å². The van der Waals surface area contributed by atoms with Gasteiger partial charge < -0.3 is 15.5 Å². The van der Waals surface area contributed by atoms with Crippen LogP contribution in [0.4, 0.5) is 19.1 Å². The van der Waals surface area contributed by atoms with Gasteiger partial charge in [0.05, 0.1) is 5.69 Å². The average Bonchev–Trinajstić information content (AvgIpc) is 2.86. The van der Waals surface area contributed by atoms with Gasteiger partial charge in [0.15, 0.2) is 0 Å². The van der Waals surface area contributed by atoms with E-state index in [1.807, 2.05) is 42.6 Å². The van der Waals surface area contributed by atoms with Crippen molar-refractivity contribution in [2.75, 3.05) is 11.9 Å². The number of halogens is 3. The number of carbonyl (C=O) groups is 2. The van der Waals surface area contributed by atoms with Crippen molar-refractivity contribution in [3.63, 3.8) is 0 Å². The van der Waals surface area contributed by atoms with Crippen LogP contribution in [0, 0.1) is 0 Å². The molecular formula is C26H28F3N3O4. The van der Waals surface area contributed by atoms with Crippen molar-refractivity contribution in [2.45, 2.75) is 44.7 Å². The largest absolute Gasteiger partial charge is 0.490 e. The molecule has 0 saturated heterocycles. The van der Waals surface area contributed by atoms with Crippen LogP contribution >= 0.6 is 0 Å². The average molecular weight is 504 g/mol. The zero-order valence-electron chi connectivity index (χ0n) is 19.5. The molecule has 192 valence electrons. The quantitative estimate of drug-likeness (QED) is 0.264. The van der Waals surface area contributed by atoms with Crippen LogP contribution in [0.25, 0.3) is 22.4 Å². The van der Waals surface area contributed by atoms with Crippen molar-refractivity contribution in [3.8, 4) is 22.4 Å². The fraction of sp³-hybridized carbons (Fsp3) is 0.308. The fourth-order valence-corrected chi connectivity index (χ4v) is 3.24. The summed E-state index contributed by atoms with van der Waals surface area (Å²) in [6.45, 7) is 0.803. The number of rotatable bonds is 11. The molecule has 3 rings (SSSR count). The van der Waals surface area contributed by atoms with Gasteiger partial charge in [0.2, 0.25) is 5.95 Å². The summed E-state index contributed by atoms with van der Waals surface area (Å²) in [5, 5.41) is 19.1. The molecule has 10 heteroatoms.